The molecular weight excluding hydrogens is 362 g/mol. The summed E-state index contributed by atoms with van der Waals surface area (Å²) in [5, 5.41) is 5.12. The molecule has 2 aromatic carbocycles. The van der Waals surface area contributed by atoms with Gasteiger partial charge in [-0.25, -0.2) is 18.4 Å². The van der Waals surface area contributed by atoms with E-state index >= 15 is 0 Å². The van der Waals surface area contributed by atoms with E-state index in [0.29, 0.717) is 18.6 Å². The molecule has 0 unspecified atom stereocenters. The van der Waals surface area contributed by atoms with Gasteiger partial charge >= 0.3 is 5.97 Å². The van der Waals surface area contributed by atoms with E-state index in [1.165, 1.54) is 12.1 Å². The Hall–Kier alpha value is -2.44. The monoisotopic (exact) mass is 389 g/mol. The van der Waals surface area contributed by atoms with E-state index in [0.717, 1.165) is 16.7 Å². The average molecular weight is 390 g/mol. The molecule has 2 N–H and O–H groups in total. The molecule has 0 atom stereocenters. The first-order valence-corrected chi connectivity index (χ1v) is 10.6. The molecule has 0 amide bonds. The van der Waals surface area contributed by atoms with Gasteiger partial charge in [0.25, 0.3) is 0 Å². The first kappa shape index (κ1) is 22.6. The van der Waals surface area contributed by atoms with Crippen LogP contribution >= 0.6 is 0 Å². The molecule has 5 nitrogen and oxygen atoms in total. The van der Waals surface area contributed by atoms with Gasteiger partial charge in [0, 0.05) is 12.0 Å². The third-order valence-corrected chi connectivity index (χ3v) is 4.60. The fourth-order valence-electron chi connectivity index (χ4n) is 2.59. The lowest BCUT2D eigenvalue weighted by atomic mass is 9.92. The van der Waals surface area contributed by atoms with Crippen LogP contribution in [0.2, 0.25) is 0 Å². The van der Waals surface area contributed by atoms with Gasteiger partial charge in [0.2, 0.25) is 10.0 Å². The number of ether oxygens (including phenoxy) is 1. The number of cyclic esters (lactones) is 1. The van der Waals surface area contributed by atoms with Gasteiger partial charge in [0.05, 0.1) is 11.5 Å². The molecule has 146 valence electrons. The molecule has 3 rings (SSSR count). The Morgan fingerprint density at radius 1 is 0.889 bits per heavy atom. The summed E-state index contributed by atoms with van der Waals surface area (Å²) in [5.41, 5.74) is 2.98. The molecule has 2 aromatic rings. The molecule has 0 aliphatic carbocycles. The molecule has 6 heteroatoms. The number of carbonyl (C=O) groups is 1. The van der Waals surface area contributed by atoms with Crippen molar-refractivity contribution >= 4 is 21.6 Å². The van der Waals surface area contributed by atoms with Crippen LogP contribution in [0.3, 0.4) is 0 Å². The standard InChI is InChI=1S/C17H15NO4S.2C2H6/c18-23(20,21)14-8-6-13(7-9-14)16(12-4-2-1-3-5-12)15-10-11-22-17(15)19;2*1-2/h1-9H,10-11H2,(H2,18,20,21);2*1-2H3/b16-15+;;. The summed E-state index contributed by atoms with van der Waals surface area (Å²) < 4.78 is 27.8. The van der Waals surface area contributed by atoms with Crippen molar-refractivity contribution in [3.8, 4) is 0 Å². The zero-order valence-electron chi connectivity index (χ0n) is 16.2. The van der Waals surface area contributed by atoms with Crippen LogP contribution in [0.15, 0.2) is 65.1 Å². The number of sulfonamides is 1. The summed E-state index contributed by atoms with van der Waals surface area (Å²) in [6.07, 6.45) is 0.528. The van der Waals surface area contributed by atoms with Gasteiger partial charge in [0.15, 0.2) is 0 Å². The molecule has 1 aliphatic heterocycles. The van der Waals surface area contributed by atoms with E-state index in [-0.39, 0.29) is 10.9 Å². The minimum absolute atomic E-state index is 0.0349. The molecule has 0 spiro atoms. The Labute approximate surface area is 161 Å². The minimum atomic E-state index is -3.75. The minimum Gasteiger partial charge on any atom is -0.462 e. The highest BCUT2D eigenvalue weighted by Crippen LogP contribution is 2.32. The summed E-state index contributed by atoms with van der Waals surface area (Å²) in [4.78, 5) is 12.0. The molecule has 1 saturated heterocycles. The molecule has 0 saturated carbocycles. The summed E-state index contributed by atoms with van der Waals surface area (Å²) in [5.74, 6) is -0.334. The van der Waals surface area contributed by atoms with Crippen LogP contribution in [0.5, 0.6) is 0 Å². The Balaban J connectivity index is 0.000000855. The van der Waals surface area contributed by atoms with Gasteiger partial charge in [-0.1, -0.05) is 70.2 Å². The Bertz CT molecular complexity index is 870. The molecular formula is C21H27NO4S. The quantitative estimate of drug-likeness (QED) is 0.631. The van der Waals surface area contributed by atoms with E-state index in [1.807, 2.05) is 58.0 Å². The number of benzene rings is 2. The molecule has 1 aliphatic rings. The second kappa shape index (κ2) is 10.6. The number of primary sulfonamides is 1. The van der Waals surface area contributed by atoms with Gasteiger partial charge < -0.3 is 4.74 Å². The summed E-state index contributed by atoms with van der Waals surface area (Å²) in [6, 6.07) is 15.7. The summed E-state index contributed by atoms with van der Waals surface area (Å²) in [7, 11) is -3.75. The van der Waals surface area contributed by atoms with Crippen molar-refractivity contribution in [3.63, 3.8) is 0 Å². The molecule has 0 aromatic heterocycles. The lowest BCUT2D eigenvalue weighted by Gasteiger charge is -2.11. The first-order valence-electron chi connectivity index (χ1n) is 9.06. The van der Waals surface area contributed by atoms with Gasteiger partial charge in [-0.05, 0) is 28.8 Å². The number of carbonyl (C=O) groups excluding carboxylic acids is 1. The van der Waals surface area contributed by atoms with Crippen LogP contribution in [0, 0.1) is 0 Å². The maximum Gasteiger partial charge on any atom is 0.334 e. The van der Waals surface area contributed by atoms with Crippen LogP contribution in [-0.4, -0.2) is 21.0 Å². The number of hydrogen-bond acceptors (Lipinski definition) is 4. The van der Waals surface area contributed by atoms with E-state index in [1.54, 1.807) is 12.1 Å². The van der Waals surface area contributed by atoms with Gasteiger partial charge in [-0.2, -0.15) is 0 Å². The Morgan fingerprint density at radius 2 is 1.41 bits per heavy atom. The second-order valence-corrected chi connectivity index (χ2v) is 6.74. The predicted octanol–water partition coefficient (Wildman–Crippen LogP) is 4.14. The van der Waals surface area contributed by atoms with E-state index < -0.39 is 10.0 Å². The first-order chi connectivity index (χ1) is 13.0. The Kier molecular flexibility index (Phi) is 8.91. The molecule has 0 bridgehead atoms. The van der Waals surface area contributed by atoms with Crippen LogP contribution in [0.25, 0.3) is 5.57 Å². The summed E-state index contributed by atoms with van der Waals surface area (Å²) >= 11 is 0. The van der Waals surface area contributed by atoms with E-state index in [2.05, 4.69) is 0 Å². The van der Waals surface area contributed by atoms with Crippen LogP contribution in [0.4, 0.5) is 0 Å². The van der Waals surface area contributed by atoms with Crippen LogP contribution in [0.1, 0.15) is 45.2 Å². The van der Waals surface area contributed by atoms with Crippen molar-refractivity contribution in [3.05, 3.63) is 71.3 Å². The van der Waals surface area contributed by atoms with Crippen molar-refractivity contribution < 1.29 is 17.9 Å². The lowest BCUT2D eigenvalue weighted by Crippen LogP contribution is -2.12. The van der Waals surface area contributed by atoms with Gasteiger partial charge in [0.1, 0.15) is 0 Å². The van der Waals surface area contributed by atoms with Gasteiger partial charge in [-0.3, -0.25) is 0 Å². The maximum atomic E-state index is 12.0. The normalized spacial score (nSPS) is 14.9. The average Bonchev–Trinajstić information content (AvgIpc) is 3.11. The van der Waals surface area contributed by atoms with Crippen molar-refractivity contribution in [1.29, 1.82) is 0 Å². The zero-order valence-corrected chi connectivity index (χ0v) is 17.0. The topological polar surface area (TPSA) is 86.5 Å². The molecule has 27 heavy (non-hydrogen) atoms. The van der Waals surface area contributed by atoms with Crippen molar-refractivity contribution in [1.82, 2.24) is 0 Å². The lowest BCUT2D eigenvalue weighted by molar-refractivity contribution is -0.135. The van der Waals surface area contributed by atoms with Gasteiger partial charge in [-0.15, -0.1) is 0 Å². The molecule has 0 radical (unpaired) electrons. The highest BCUT2D eigenvalue weighted by molar-refractivity contribution is 7.89. The number of rotatable bonds is 3. The number of nitrogens with two attached hydrogens (primary N) is 1. The predicted molar refractivity (Wildman–Crippen MR) is 109 cm³/mol. The van der Waals surface area contributed by atoms with E-state index in [9.17, 15) is 13.2 Å². The Morgan fingerprint density at radius 3 is 1.85 bits per heavy atom. The second-order valence-electron chi connectivity index (χ2n) is 5.17. The highest BCUT2D eigenvalue weighted by atomic mass is 32.2. The summed E-state index contributed by atoms with van der Waals surface area (Å²) in [6.45, 7) is 8.36. The maximum absolute atomic E-state index is 12.0. The molecule has 1 fully saturated rings. The van der Waals surface area contributed by atoms with Crippen molar-refractivity contribution in [2.24, 2.45) is 5.14 Å². The number of esters is 1. The van der Waals surface area contributed by atoms with Crippen molar-refractivity contribution in [2.45, 2.75) is 39.0 Å². The smallest absolute Gasteiger partial charge is 0.334 e. The largest absolute Gasteiger partial charge is 0.462 e. The fourth-order valence-corrected chi connectivity index (χ4v) is 3.11. The van der Waals surface area contributed by atoms with Crippen LogP contribution in [-0.2, 0) is 19.6 Å². The molecule has 1 heterocycles. The zero-order chi connectivity index (χ0) is 20.4. The fraction of sp³-hybridized carbons (Fsp3) is 0.286. The van der Waals surface area contributed by atoms with Crippen molar-refractivity contribution in [2.75, 3.05) is 6.61 Å². The third kappa shape index (κ3) is 5.77. The highest BCUT2D eigenvalue weighted by Gasteiger charge is 2.25. The third-order valence-electron chi connectivity index (χ3n) is 3.67. The van der Waals surface area contributed by atoms with Crippen LogP contribution < -0.4 is 5.14 Å². The number of hydrogen-bond donors (Lipinski definition) is 1. The van der Waals surface area contributed by atoms with E-state index in [4.69, 9.17) is 9.88 Å². The SMILES string of the molecule is CC.CC.NS(=O)(=O)c1ccc(/C(=C2\CCOC2=O)c2ccccc2)cc1.